The Bertz CT molecular complexity index is 773. The fraction of sp³-hybridized carbons (Fsp3) is 0.550. The van der Waals surface area contributed by atoms with Crippen LogP contribution in [0.5, 0.6) is 0 Å². The van der Waals surface area contributed by atoms with Gasteiger partial charge in [-0.15, -0.1) is 0 Å². The highest BCUT2D eigenvalue weighted by Crippen LogP contribution is 2.72. The van der Waals surface area contributed by atoms with Gasteiger partial charge >= 0.3 is 5.97 Å². The predicted molar refractivity (Wildman–Crippen MR) is 102 cm³/mol. The third-order valence-electron chi connectivity index (χ3n) is 6.78. The van der Waals surface area contributed by atoms with E-state index in [4.69, 9.17) is 4.74 Å². The van der Waals surface area contributed by atoms with Gasteiger partial charge < -0.3 is 10.1 Å². The summed E-state index contributed by atoms with van der Waals surface area (Å²) in [5, 5.41) is 2.95. The molecule has 0 spiro atoms. The number of rotatable bonds is 4. The lowest BCUT2D eigenvalue weighted by Crippen LogP contribution is -2.47. The predicted octanol–water partition coefficient (Wildman–Crippen LogP) is 3.96. The van der Waals surface area contributed by atoms with E-state index in [1.54, 1.807) is 31.2 Å². The van der Waals surface area contributed by atoms with E-state index in [1.165, 1.54) is 0 Å². The Kier molecular flexibility index (Phi) is 4.54. The van der Waals surface area contributed by atoms with E-state index >= 15 is 0 Å². The minimum Gasteiger partial charge on any atom is -0.462 e. The number of carbonyl (C=O) groups excluding carboxylic acids is 3. The van der Waals surface area contributed by atoms with E-state index in [-0.39, 0.29) is 11.7 Å². The number of fused-ring (bicyclic) bond motifs is 2. The molecule has 1 aromatic carbocycles. The van der Waals surface area contributed by atoms with E-state index < -0.39 is 27.0 Å². The molecule has 2 aliphatic carbocycles. The van der Waals surface area contributed by atoms with Crippen molar-refractivity contribution in [1.82, 2.24) is 0 Å². The van der Waals surface area contributed by atoms with E-state index in [9.17, 15) is 14.4 Å². The first-order valence-electron chi connectivity index (χ1n) is 8.89. The van der Waals surface area contributed by atoms with E-state index in [1.807, 2.05) is 20.8 Å². The number of anilines is 1. The number of Topliss-reactive ketones (excluding diaryl/α,β-unsaturated/α-hetero) is 1. The molecule has 0 aliphatic heterocycles. The van der Waals surface area contributed by atoms with Crippen molar-refractivity contribution in [3.05, 3.63) is 29.8 Å². The summed E-state index contributed by atoms with van der Waals surface area (Å²) >= 11 is 3.52. The molecule has 2 saturated carbocycles. The van der Waals surface area contributed by atoms with Crippen LogP contribution in [-0.2, 0) is 14.3 Å². The second-order valence-corrected chi connectivity index (χ2v) is 8.82. The topological polar surface area (TPSA) is 72.5 Å². The Morgan fingerprint density at radius 3 is 2.31 bits per heavy atom. The number of hydrogen-bond acceptors (Lipinski definition) is 4. The molecule has 1 aromatic rings. The van der Waals surface area contributed by atoms with Gasteiger partial charge in [-0.05, 0) is 49.4 Å². The number of benzene rings is 1. The Morgan fingerprint density at radius 1 is 1.19 bits per heavy atom. The van der Waals surface area contributed by atoms with Crippen LogP contribution in [0.2, 0.25) is 0 Å². The number of nitrogens with one attached hydrogen (secondary N) is 1. The maximum Gasteiger partial charge on any atom is 0.338 e. The zero-order valence-electron chi connectivity index (χ0n) is 15.5. The van der Waals surface area contributed by atoms with Crippen LogP contribution in [-0.4, -0.2) is 29.1 Å². The van der Waals surface area contributed by atoms with Gasteiger partial charge in [0.15, 0.2) is 5.78 Å². The SMILES string of the molecule is CCOC(=O)c1ccc(NC(=O)[C@]23CC[C@](C)(C(=O)[C@@H]2Br)C3(C)C)cc1. The van der Waals surface area contributed by atoms with Crippen molar-refractivity contribution in [2.45, 2.75) is 45.4 Å². The summed E-state index contributed by atoms with van der Waals surface area (Å²) in [4.78, 5) is 37.3. The first kappa shape index (κ1) is 19.1. The number of carbonyl (C=O) groups is 3. The molecule has 3 atom stereocenters. The van der Waals surface area contributed by atoms with Crippen LogP contribution in [0.1, 0.15) is 50.9 Å². The average molecular weight is 422 g/mol. The molecule has 3 rings (SSSR count). The van der Waals surface area contributed by atoms with Gasteiger partial charge in [-0.2, -0.15) is 0 Å². The lowest BCUT2D eigenvalue weighted by atomic mass is 9.64. The maximum atomic E-state index is 13.2. The standard InChI is InChI=1S/C20H24BrNO4/c1-5-26-16(24)12-6-8-13(9-7-12)22-17(25)20-11-10-19(4,18(20,2)3)15(23)14(20)21/h6-9,14H,5,10-11H2,1-4H3,(H,22,25)/t14-,19+,20-/m0/s1. The van der Waals surface area contributed by atoms with Gasteiger partial charge in [0.05, 0.1) is 22.4 Å². The number of ketones is 1. The molecule has 26 heavy (non-hydrogen) atoms. The first-order valence-corrected chi connectivity index (χ1v) is 9.80. The molecule has 1 N–H and O–H groups in total. The van der Waals surface area contributed by atoms with Crippen molar-refractivity contribution >= 4 is 39.3 Å². The van der Waals surface area contributed by atoms with E-state index in [0.29, 0.717) is 24.3 Å². The smallest absolute Gasteiger partial charge is 0.338 e. The fourth-order valence-corrected chi connectivity index (χ4v) is 6.12. The Balaban J connectivity index is 1.84. The lowest BCUT2D eigenvalue weighted by Gasteiger charge is -2.39. The quantitative estimate of drug-likeness (QED) is 0.589. The molecule has 2 aliphatic rings. The highest BCUT2D eigenvalue weighted by atomic mass is 79.9. The van der Waals surface area contributed by atoms with Crippen LogP contribution < -0.4 is 5.32 Å². The largest absolute Gasteiger partial charge is 0.462 e. The zero-order chi connectivity index (χ0) is 19.3. The second-order valence-electron chi connectivity index (χ2n) is 7.91. The number of alkyl halides is 1. The van der Waals surface area contributed by atoms with Crippen LogP contribution in [0.15, 0.2) is 24.3 Å². The Labute approximate surface area is 162 Å². The molecule has 140 valence electrons. The molecule has 0 unspecified atom stereocenters. The number of hydrogen-bond donors (Lipinski definition) is 1. The summed E-state index contributed by atoms with van der Waals surface area (Å²) in [6.07, 6.45) is 1.39. The normalized spacial score (nSPS) is 31.7. The maximum absolute atomic E-state index is 13.2. The zero-order valence-corrected chi connectivity index (χ0v) is 17.1. The first-order chi connectivity index (χ1) is 12.1. The minimum atomic E-state index is -0.779. The third kappa shape index (κ3) is 2.30. The van der Waals surface area contributed by atoms with Gasteiger partial charge in [-0.1, -0.05) is 36.7 Å². The number of amides is 1. The lowest BCUT2D eigenvalue weighted by molar-refractivity contribution is -0.130. The molecule has 0 heterocycles. The van der Waals surface area contributed by atoms with Crippen LogP contribution >= 0.6 is 15.9 Å². The van der Waals surface area contributed by atoms with Crippen molar-refractivity contribution in [1.29, 1.82) is 0 Å². The molecule has 5 nitrogen and oxygen atoms in total. The van der Waals surface area contributed by atoms with Crippen molar-refractivity contribution in [2.24, 2.45) is 16.2 Å². The molecule has 2 fully saturated rings. The van der Waals surface area contributed by atoms with Crippen molar-refractivity contribution in [3.8, 4) is 0 Å². The summed E-state index contributed by atoms with van der Waals surface area (Å²) in [6.45, 7) is 8.07. The van der Waals surface area contributed by atoms with Gasteiger partial charge in [0.2, 0.25) is 5.91 Å². The minimum absolute atomic E-state index is 0.113. The number of halogens is 1. The van der Waals surface area contributed by atoms with Crippen molar-refractivity contribution in [2.75, 3.05) is 11.9 Å². The van der Waals surface area contributed by atoms with Gasteiger partial charge in [-0.3, -0.25) is 9.59 Å². The summed E-state index contributed by atoms with van der Waals surface area (Å²) in [5.74, 6) is -0.428. The molecule has 6 heteroatoms. The molecular weight excluding hydrogens is 398 g/mol. The van der Waals surface area contributed by atoms with Gasteiger partial charge in [0, 0.05) is 11.1 Å². The van der Waals surface area contributed by atoms with Crippen molar-refractivity contribution in [3.63, 3.8) is 0 Å². The Morgan fingerprint density at radius 2 is 1.81 bits per heavy atom. The number of ether oxygens (including phenoxy) is 1. The second kappa shape index (κ2) is 6.19. The van der Waals surface area contributed by atoms with Crippen molar-refractivity contribution < 1.29 is 19.1 Å². The van der Waals surface area contributed by atoms with E-state index in [2.05, 4.69) is 21.2 Å². The van der Waals surface area contributed by atoms with Crippen LogP contribution in [0.3, 0.4) is 0 Å². The third-order valence-corrected chi connectivity index (χ3v) is 7.98. The van der Waals surface area contributed by atoms with Gasteiger partial charge in [0.25, 0.3) is 0 Å². The molecule has 0 aromatic heterocycles. The summed E-state index contributed by atoms with van der Waals surface area (Å²) in [7, 11) is 0. The molecule has 1 amide bonds. The highest BCUT2D eigenvalue weighted by molar-refractivity contribution is 9.10. The molecule has 0 radical (unpaired) electrons. The van der Waals surface area contributed by atoms with Crippen LogP contribution in [0.4, 0.5) is 5.69 Å². The molecule has 2 bridgehead atoms. The van der Waals surface area contributed by atoms with Gasteiger partial charge in [0.1, 0.15) is 0 Å². The average Bonchev–Trinajstić information content (AvgIpc) is 2.87. The van der Waals surface area contributed by atoms with E-state index in [0.717, 1.165) is 6.42 Å². The fourth-order valence-electron chi connectivity index (χ4n) is 4.60. The summed E-state index contributed by atoms with van der Waals surface area (Å²) < 4.78 is 4.96. The monoisotopic (exact) mass is 421 g/mol. The summed E-state index contributed by atoms with van der Waals surface area (Å²) in [6, 6.07) is 6.62. The summed E-state index contributed by atoms with van der Waals surface area (Å²) in [5.41, 5.74) is -0.683. The number of esters is 1. The molecular formula is C20H24BrNO4. The Hall–Kier alpha value is -1.69. The van der Waals surface area contributed by atoms with Crippen LogP contribution in [0.25, 0.3) is 0 Å². The highest BCUT2D eigenvalue weighted by Gasteiger charge is 2.76. The molecule has 0 saturated heterocycles. The van der Waals surface area contributed by atoms with Crippen LogP contribution in [0, 0.1) is 16.2 Å². The van der Waals surface area contributed by atoms with Gasteiger partial charge in [-0.25, -0.2) is 4.79 Å².